The van der Waals surface area contributed by atoms with Crippen LogP contribution in [0, 0.1) is 10.8 Å². The fourth-order valence-electron chi connectivity index (χ4n) is 0.963. The number of guanidine groups is 1. The van der Waals surface area contributed by atoms with Gasteiger partial charge in [0.05, 0.1) is 7.21 Å². The first-order chi connectivity index (χ1) is 8.33. The second-order valence-corrected chi connectivity index (χ2v) is 2.93. The normalized spacial score (nSPS) is 13.3. The maximum absolute atomic E-state index is 7.89. The van der Waals surface area contributed by atoms with Gasteiger partial charge in [0.15, 0.2) is 5.96 Å². The van der Waals surface area contributed by atoms with E-state index in [1.54, 1.807) is 18.2 Å². The zero-order valence-electron chi connectivity index (χ0n) is 11.5. The second kappa shape index (κ2) is 5.80. The number of benzene rings is 1. The summed E-state index contributed by atoms with van der Waals surface area (Å²) in [5.41, 5.74) is 0.275. The predicted octanol–water partition coefficient (Wildman–Crippen LogP) is 1.34. The molecule has 0 aliphatic carbocycles. The van der Waals surface area contributed by atoms with Crippen LogP contribution in [-0.4, -0.2) is 18.3 Å². The Morgan fingerprint density at radius 2 is 2.27 bits per heavy atom. The van der Waals surface area contributed by atoms with Crippen molar-refractivity contribution in [1.82, 2.24) is 10.6 Å². The Kier molecular flexibility index (Phi) is 2.88. The van der Waals surface area contributed by atoms with Gasteiger partial charge in [-0.05, 0) is 18.9 Å². The maximum Gasteiger partial charge on any atom is 0.193 e. The molecule has 1 aromatic carbocycles. The molecule has 0 radical (unpaired) electrons. The molecule has 0 aromatic heterocycles. The van der Waals surface area contributed by atoms with Crippen molar-refractivity contribution in [2.24, 2.45) is 0 Å². The lowest BCUT2D eigenvalue weighted by Gasteiger charge is -2.08. The Hall–Kier alpha value is -1.84. The minimum Gasteiger partial charge on any atom is -0.356 e. The molecule has 0 aliphatic rings. The molecule has 0 heterocycles. The SMILES string of the molecule is [2H]c1ccccc1C([2H])([2H])CNC(=N)NC(C)=N. The number of hydrogen-bond donors (Lipinski definition) is 4. The lowest BCUT2D eigenvalue weighted by Crippen LogP contribution is -2.39. The van der Waals surface area contributed by atoms with Crippen molar-refractivity contribution in [3.63, 3.8) is 0 Å². The highest BCUT2D eigenvalue weighted by atomic mass is 15.1. The van der Waals surface area contributed by atoms with Gasteiger partial charge < -0.3 is 10.6 Å². The van der Waals surface area contributed by atoms with Crippen molar-refractivity contribution in [3.05, 3.63) is 35.9 Å². The van der Waals surface area contributed by atoms with E-state index in [1.165, 1.54) is 13.0 Å². The van der Waals surface area contributed by atoms with E-state index in [1.807, 2.05) is 0 Å². The maximum atomic E-state index is 7.89. The summed E-state index contributed by atoms with van der Waals surface area (Å²) >= 11 is 0. The summed E-state index contributed by atoms with van der Waals surface area (Å²) in [6.07, 6.45) is -1.75. The van der Waals surface area contributed by atoms with Crippen LogP contribution in [0.1, 0.15) is 16.6 Å². The minimum absolute atomic E-state index is 0.106. The third kappa shape index (κ3) is 4.81. The van der Waals surface area contributed by atoms with Crippen LogP contribution >= 0.6 is 0 Å². The summed E-state index contributed by atoms with van der Waals surface area (Å²) in [7, 11) is 0. The first kappa shape index (κ1) is 7.45. The largest absolute Gasteiger partial charge is 0.356 e. The van der Waals surface area contributed by atoms with Crippen LogP contribution in [0.5, 0.6) is 0 Å². The first-order valence-corrected chi connectivity index (χ1v) is 4.53. The smallest absolute Gasteiger partial charge is 0.193 e. The van der Waals surface area contributed by atoms with E-state index in [-0.39, 0.29) is 29.9 Å². The highest BCUT2D eigenvalue weighted by Crippen LogP contribution is 1.97. The van der Waals surface area contributed by atoms with Crippen LogP contribution in [0.4, 0.5) is 0 Å². The van der Waals surface area contributed by atoms with Gasteiger partial charge in [-0.1, -0.05) is 30.3 Å². The molecule has 15 heavy (non-hydrogen) atoms. The van der Waals surface area contributed by atoms with Gasteiger partial charge in [-0.15, -0.1) is 0 Å². The zero-order valence-corrected chi connectivity index (χ0v) is 8.52. The average molecular weight is 207 g/mol. The topological polar surface area (TPSA) is 71.8 Å². The predicted molar refractivity (Wildman–Crippen MR) is 62.4 cm³/mol. The lowest BCUT2D eigenvalue weighted by atomic mass is 10.1. The molecule has 1 rings (SSSR count). The lowest BCUT2D eigenvalue weighted by molar-refractivity contribution is 0.842. The Morgan fingerprint density at radius 3 is 2.93 bits per heavy atom. The van der Waals surface area contributed by atoms with Crippen LogP contribution in [-0.2, 0) is 6.37 Å². The fraction of sp³-hybridized carbons (Fsp3) is 0.273. The number of rotatable bonds is 3. The molecule has 0 saturated heterocycles. The molecular weight excluding hydrogens is 188 g/mol. The van der Waals surface area contributed by atoms with Crippen LogP contribution in [0.3, 0.4) is 0 Å². The highest BCUT2D eigenvalue weighted by molar-refractivity contribution is 5.95. The van der Waals surface area contributed by atoms with Gasteiger partial charge in [-0.2, -0.15) is 0 Å². The van der Waals surface area contributed by atoms with E-state index < -0.39 is 6.37 Å². The monoisotopic (exact) mass is 207 g/mol. The van der Waals surface area contributed by atoms with E-state index in [4.69, 9.17) is 14.9 Å². The van der Waals surface area contributed by atoms with E-state index in [9.17, 15) is 0 Å². The third-order valence-electron chi connectivity index (χ3n) is 1.57. The molecule has 4 heteroatoms. The van der Waals surface area contributed by atoms with Gasteiger partial charge in [0.25, 0.3) is 0 Å². The van der Waals surface area contributed by atoms with Crippen LogP contribution in [0.2, 0.25) is 0 Å². The van der Waals surface area contributed by atoms with Crippen molar-refractivity contribution in [2.75, 3.05) is 6.54 Å². The van der Waals surface area contributed by atoms with E-state index in [0.717, 1.165) is 0 Å². The molecule has 0 unspecified atom stereocenters. The highest BCUT2D eigenvalue weighted by Gasteiger charge is 1.95. The molecule has 0 bridgehead atoms. The van der Waals surface area contributed by atoms with Gasteiger partial charge in [0.1, 0.15) is 0 Å². The van der Waals surface area contributed by atoms with Gasteiger partial charge in [-0.25, -0.2) is 0 Å². The molecule has 0 atom stereocenters. The summed E-state index contributed by atoms with van der Waals surface area (Å²) in [6.45, 7) is 1.35. The van der Waals surface area contributed by atoms with Crippen molar-refractivity contribution < 1.29 is 4.11 Å². The van der Waals surface area contributed by atoms with E-state index >= 15 is 0 Å². The van der Waals surface area contributed by atoms with Gasteiger partial charge in [-0.3, -0.25) is 10.8 Å². The summed E-state index contributed by atoms with van der Waals surface area (Å²) < 4.78 is 23.4. The molecule has 4 nitrogen and oxygen atoms in total. The molecular formula is C11H16N4. The number of hydrogen-bond acceptors (Lipinski definition) is 2. The quantitative estimate of drug-likeness (QED) is 0.446. The Morgan fingerprint density at radius 1 is 1.47 bits per heavy atom. The molecule has 1 aromatic rings. The number of nitrogens with one attached hydrogen (secondary N) is 4. The van der Waals surface area contributed by atoms with Crippen LogP contribution < -0.4 is 10.6 Å². The van der Waals surface area contributed by atoms with Crippen LogP contribution in [0.15, 0.2) is 30.3 Å². The van der Waals surface area contributed by atoms with E-state index in [2.05, 4.69) is 10.6 Å². The molecule has 0 spiro atoms. The van der Waals surface area contributed by atoms with Crippen molar-refractivity contribution in [3.8, 4) is 0 Å². The molecule has 4 N–H and O–H groups in total. The first-order valence-electron chi connectivity index (χ1n) is 6.03. The van der Waals surface area contributed by atoms with Crippen LogP contribution in [0.25, 0.3) is 0 Å². The summed E-state index contributed by atoms with van der Waals surface area (Å²) in [5, 5.41) is 19.6. The average Bonchev–Trinajstić information content (AvgIpc) is 2.26. The minimum atomic E-state index is -1.75. The molecule has 0 aliphatic heterocycles. The second-order valence-electron chi connectivity index (χ2n) is 2.93. The summed E-state index contributed by atoms with van der Waals surface area (Å²) in [5.74, 6) is -0.0252. The summed E-state index contributed by atoms with van der Waals surface area (Å²) in [4.78, 5) is 0. The molecule has 0 fully saturated rings. The molecule has 80 valence electrons. The molecule has 0 saturated carbocycles. The van der Waals surface area contributed by atoms with Crippen molar-refractivity contribution in [1.29, 1.82) is 10.8 Å². The number of amidine groups is 1. The Labute approximate surface area is 93.9 Å². The summed E-state index contributed by atoms with van der Waals surface area (Å²) in [6, 6.07) is 6.57. The fourth-order valence-corrected chi connectivity index (χ4v) is 0.963. The van der Waals surface area contributed by atoms with Crippen molar-refractivity contribution >= 4 is 11.8 Å². The Balaban J connectivity index is 2.68. The third-order valence-corrected chi connectivity index (χ3v) is 1.57. The zero-order chi connectivity index (χ0) is 13.8. The van der Waals surface area contributed by atoms with E-state index in [0.29, 0.717) is 0 Å². The standard InChI is InChI=1S/C11H16N4/c1-9(12)15-11(13)14-8-7-10-5-3-2-4-6-10/h2-6H,7-8H2,1H3,(H4,12,13,14,15)/i5D,7D2. The van der Waals surface area contributed by atoms with Gasteiger partial charge in [0.2, 0.25) is 0 Å². The molecule has 0 amide bonds. The Bertz CT molecular complexity index is 459. The van der Waals surface area contributed by atoms with Gasteiger partial charge >= 0.3 is 0 Å². The van der Waals surface area contributed by atoms with Crippen molar-refractivity contribution in [2.45, 2.75) is 13.3 Å². The van der Waals surface area contributed by atoms with Gasteiger partial charge in [0, 0.05) is 9.29 Å².